The minimum Gasteiger partial charge on any atom is -0.507 e. The number of carbonyl (C=O) groups is 1. The van der Waals surface area contributed by atoms with Crippen LogP contribution < -0.4 is 0 Å². The first-order valence-corrected chi connectivity index (χ1v) is 7.22. The molecular weight excluding hydrogens is 434 g/mol. The third-order valence-corrected chi connectivity index (χ3v) is 3.61. The second kappa shape index (κ2) is 5.52. The molecule has 0 aliphatic carbocycles. The third-order valence-electron chi connectivity index (χ3n) is 2.27. The van der Waals surface area contributed by atoms with Crippen molar-refractivity contribution in [3.8, 4) is 5.75 Å². The van der Waals surface area contributed by atoms with Crippen molar-refractivity contribution >= 4 is 51.2 Å². The fourth-order valence-electron chi connectivity index (χ4n) is 1.41. The molecule has 1 aromatic rings. The zero-order valence-electron chi connectivity index (χ0n) is 8.87. The molecule has 1 aromatic carbocycles. The minimum atomic E-state index is -0.961. The number of hydrogen-bond donors (Lipinski definition) is 2. The van der Waals surface area contributed by atoms with Crippen molar-refractivity contribution in [2.24, 2.45) is 0 Å². The van der Waals surface area contributed by atoms with Gasteiger partial charge in [0.25, 0.3) is 0 Å². The molecule has 5 heteroatoms. The maximum atomic E-state index is 11.0. The Bertz CT molecular complexity index is 385. The lowest BCUT2D eigenvalue weighted by Gasteiger charge is -2.14. The summed E-state index contributed by atoms with van der Waals surface area (Å²) in [5.74, 6) is -0.745. The van der Waals surface area contributed by atoms with Gasteiger partial charge < -0.3 is 10.2 Å². The molecule has 2 atom stereocenters. The summed E-state index contributed by atoms with van der Waals surface area (Å²) in [6.45, 7) is 3.84. The van der Waals surface area contributed by atoms with E-state index < -0.39 is 5.97 Å². The van der Waals surface area contributed by atoms with E-state index in [4.69, 9.17) is 5.11 Å². The van der Waals surface area contributed by atoms with Crippen LogP contribution in [0, 0.1) is 0 Å². The molecule has 0 saturated heterocycles. The molecule has 0 aromatic heterocycles. The first-order chi connectivity index (χ1) is 7.34. The van der Waals surface area contributed by atoms with E-state index in [9.17, 15) is 9.90 Å². The molecule has 0 radical (unpaired) electrons. The molecule has 0 fully saturated rings. The molecule has 0 aliphatic rings. The maximum absolute atomic E-state index is 11.0. The molecule has 88 valence electrons. The highest BCUT2D eigenvalue weighted by Gasteiger charge is 2.18. The van der Waals surface area contributed by atoms with Gasteiger partial charge in [-0.05, 0) is 26.0 Å². The van der Waals surface area contributed by atoms with Gasteiger partial charge in [-0.25, -0.2) is 4.79 Å². The molecule has 0 saturated carbocycles. The Labute approximate surface area is 122 Å². The summed E-state index contributed by atoms with van der Waals surface area (Å²) in [5, 5.41) is 19.0. The van der Waals surface area contributed by atoms with Crippen LogP contribution >= 0.6 is 45.2 Å². The standard InChI is InChI=1S/C11H12I2O3/c1-5(12)8-3-7(11(15)16)4-9(6(2)13)10(8)14/h3-6,14H,1-2H3,(H,15,16). The first kappa shape index (κ1) is 14.0. The molecule has 0 amide bonds. The van der Waals surface area contributed by atoms with E-state index in [0.29, 0.717) is 11.1 Å². The highest BCUT2D eigenvalue weighted by Crippen LogP contribution is 2.39. The highest BCUT2D eigenvalue weighted by atomic mass is 127. The van der Waals surface area contributed by atoms with E-state index in [1.807, 2.05) is 13.8 Å². The van der Waals surface area contributed by atoms with E-state index in [1.54, 1.807) is 0 Å². The van der Waals surface area contributed by atoms with Crippen molar-refractivity contribution in [3.63, 3.8) is 0 Å². The Kier molecular flexibility index (Phi) is 4.84. The molecule has 2 unspecified atom stereocenters. The monoisotopic (exact) mass is 446 g/mol. The van der Waals surface area contributed by atoms with Gasteiger partial charge in [0.2, 0.25) is 0 Å². The summed E-state index contributed by atoms with van der Waals surface area (Å²) < 4.78 is 0.150. The largest absolute Gasteiger partial charge is 0.507 e. The van der Waals surface area contributed by atoms with Crippen LogP contribution in [0.25, 0.3) is 0 Å². The number of phenolic OH excluding ortho intramolecular Hbond substituents is 1. The first-order valence-electron chi connectivity index (χ1n) is 4.72. The second-order valence-corrected chi connectivity index (χ2v) is 7.28. The molecule has 0 spiro atoms. The van der Waals surface area contributed by atoms with Crippen molar-refractivity contribution < 1.29 is 15.0 Å². The number of aromatic carboxylic acids is 1. The Morgan fingerprint density at radius 3 is 1.81 bits per heavy atom. The zero-order valence-corrected chi connectivity index (χ0v) is 13.2. The Balaban J connectivity index is 3.45. The van der Waals surface area contributed by atoms with Crippen molar-refractivity contribution in [2.75, 3.05) is 0 Å². The number of alkyl halides is 2. The van der Waals surface area contributed by atoms with E-state index in [-0.39, 0.29) is 19.2 Å². The summed E-state index contributed by atoms with van der Waals surface area (Å²) in [7, 11) is 0. The SMILES string of the molecule is CC(I)c1cc(C(=O)O)cc(C(C)I)c1O. The van der Waals surface area contributed by atoms with Gasteiger partial charge >= 0.3 is 5.97 Å². The number of hydrogen-bond acceptors (Lipinski definition) is 2. The van der Waals surface area contributed by atoms with Crippen LogP contribution in [-0.4, -0.2) is 16.2 Å². The van der Waals surface area contributed by atoms with Gasteiger partial charge in [-0.2, -0.15) is 0 Å². The molecule has 0 heterocycles. The van der Waals surface area contributed by atoms with Crippen molar-refractivity contribution in [1.82, 2.24) is 0 Å². The van der Waals surface area contributed by atoms with Gasteiger partial charge in [-0.3, -0.25) is 0 Å². The quantitative estimate of drug-likeness (QED) is 0.544. The van der Waals surface area contributed by atoms with Crippen LogP contribution in [0.1, 0.15) is 43.2 Å². The predicted octanol–water partition coefficient (Wildman–Crippen LogP) is 4.08. The maximum Gasteiger partial charge on any atom is 0.335 e. The average molecular weight is 446 g/mol. The summed E-state index contributed by atoms with van der Waals surface area (Å²) in [6, 6.07) is 3.08. The van der Waals surface area contributed by atoms with E-state index in [2.05, 4.69) is 45.2 Å². The van der Waals surface area contributed by atoms with Gasteiger partial charge in [0.05, 0.1) is 5.56 Å². The van der Waals surface area contributed by atoms with E-state index >= 15 is 0 Å². The summed E-state index contributed by atoms with van der Waals surface area (Å²) in [4.78, 5) is 11.0. The van der Waals surface area contributed by atoms with Gasteiger partial charge in [0.15, 0.2) is 0 Å². The minimum absolute atomic E-state index is 0.0748. The lowest BCUT2D eigenvalue weighted by atomic mass is 10.0. The predicted molar refractivity (Wildman–Crippen MR) is 79.9 cm³/mol. The number of phenols is 1. The molecule has 16 heavy (non-hydrogen) atoms. The van der Waals surface area contributed by atoms with Gasteiger partial charge in [0, 0.05) is 19.0 Å². The molecule has 0 bridgehead atoms. The van der Waals surface area contributed by atoms with Crippen LogP contribution in [0.15, 0.2) is 12.1 Å². The third kappa shape index (κ3) is 2.99. The molecule has 0 aliphatic heterocycles. The Morgan fingerprint density at radius 1 is 1.19 bits per heavy atom. The average Bonchev–Trinajstić information content (AvgIpc) is 2.16. The molecule has 1 rings (SSSR count). The van der Waals surface area contributed by atoms with Crippen LogP contribution in [0.3, 0.4) is 0 Å². The summed E-state index contributed by atoms with van der Waals surface area (Å²) in [5.41, 5.74) is 1.59. The topological polar surface area (TPSA) is 57.5 Å². The van der Waals surface area contributed by atoms with Gasteiger partial charge in [-0.1, -0.05) is 45.2 Å². The number of aromatic hydroxyl groups is 1. The number of rotatable bonds is 3. The fourth-order valence-corrected chi connectivity index (χ4v) is 2.36. The van der Waals surface area contributed by atoms with Gasteiger partial charge in [0.1, 0.15) is 5.75 Å². The van der Waals surface area contributed by atoms with Crippen molar-refractivity contribution in [2.45, 2.75) is 21.7 Å². The van der Waals surface area contributed by atoms with E-state index in [0.717, 1.165) is 0 Å². The van der Waals surface area contributed by atoms with E-state index in [1.165, 1.54) is 12.1 Å². The van der Waals surface area contributed by atoms with Crippen molar-refractivity contribution in [1.29, 1.82) is 0 Å². The highest BCUT2D eigenvalue weighted by molar-refractivity contribution is 14.1. The molecular formula is C11H12I2O3. The number of carboxylic acids is 1. The van der Waals surface area contributed by atoms with Crippen LogP contribution in [0.4, 0.5) is 0 Å². The summed E-state index contributed by atoms with van der Waals surface area (Å²) >= 11 is 4.32. The zero-order chi connectivity index (χ0) is 12.5. The fraction of sp³-hybridized carbons (Fsp3) is 0.364. The van der Waals surface area contributed by atoms with Crippen molar-refractivity contribution in [3.05, 3.63) is 28.8 Å². The number of benzene rings is 1. The van der Waals surface area contributed by atoms with Crippen LogP contribution in [-0.2, 0) is 0 Å². The van der Waals surface area contributed by atoms with Crippen LogP contribution in [0.2, 0.25) is 0 Å². The Morgan fingerprint density at radius 2 is 1.56 bits per heavy atom. The molecule has 2 N–H and O–H groups in total. The van der Waals surface area contributed by atoms with Gasteiger partial charge in [-0.15, -0.1) is 0 Å². The smallest absolute Gasteiger partial charge is 0.335 e. The lowest BCUT2D eigenvalue weighted by Crippen LogP contribution is -2.01. The number of carboxylic acid groups (broad SMARTS) is 1. The number of halogens is 2. The van der Waals surface area contributed by atoms with Crippen LogP contribution in [0.5, 0.6) is 5.75 Å². The summed E-state index contributed by atoms with van der Waals surface area (Å²) in [6.07, 6.45) is 0. The molecule has 3 nitrogen and oxygen atoms in total. The lowest BCUT2D eigenvalue weighted by molar-refractivity contribution is 0.0696. The second-order valence-electron chi connectivity index (χ2n) is 3.54. The Hall–Kier alpha value is -0.0500. The normalized spacial score (nSPS) is 14.5.